The van der Waals surface area contributed by atoms with E-state index in [1.165, 1.54) is 30.5 Å². The molecule has 1 saturated carbocycles. The molecule has 2 aliphatic carbocycles. The summed E-state index contributed by atoms with van der Waals surface area (Å²) in [6.07, 6.45) is 10.1. The minimum absolute atomic E-state index is 0.559. The molecule has 0 spiro atoms. The summed E-state index contributed by atoms with van der Waals surface area (Å²) in [5.41, 5.74) is 3.68. The third-order valence-electron chi connectivity index (χ3n) is 6.57. The van der Waals surface area contributed by atoms with E-state index >= 15 is 0 Å². The van der Waals surface area contributed by atoms with Crippen LogP contribution in [0.4, 0.5) is 11.6 Å². The van der Waals surface area contributed by atoms with Gasteiger partial charge in [0.1, 0.15) is 12.1 Å². The molecule has 3 aliphatic rings. The lowest BCUT2D eigenvalue weighted by atomic mass is 9.88. The Morgan fingerprint density at radius 1 is 0.964 bits per heavy atom. The first-order valence-corrected chi connectivity index (χ1v) is 10.8. The van der Waals surface area contributed by atoms with E-state index in [1.54, 1.807) is 6.33 Å². The van der Waals surface area contributed by atoms with Crippen LogP contribution in [0.3, 0.4) is 0 Å². The third kappa shape index (κ3) is 3.56. The molecule has 6 heteroatoms. The number of hydrogen-bond acceptors (Lipinski definition) is 6. The Hall–Kier alpha value is -2.24. The first-order chi connectivity index (χ1) is 13.7. The molecule has 1 aliphatic heterocycles. The van der Waals surface area contributed by atoms with Gasteiger partial charge in [-0.2, -0.15) is 5.10 Å². The quantitative estimate of drug-likeness (QED) is 0.813. The lowest BCUT2D eigenvalue weighted by molar-refractivity contribution is 0.454. The van der Waals surface area contributed by atoms with Gasteiger partial charge in [0.15, 0.2) is 5.82 Å². The largest absolute Gasteiger partial charge is 0.355 e. The third-order valence-corrected chi connectivity index (χ3v) is 6.57. The fraction of sp³-hybridized carbons (Fsp3) is 0.636. The number of rotatable bonds is 4. The van der Waals surface area contributed by atoms with Crippen LogP contribution in [0.1, 0.15) is 56.0 Å². The lowest BCUT2D eigenvalue weighted by Gasteiger charge is -2.40. The number of fused-ring (bicyclic) bond motifs is 1. The maximum atomic E-state index is 4.59. The minimum atomic E-state index is 0.559. The summed E-state index contributed by atoms with van der Waals surface area (Å²) in [4.78, 5) is 13.9. The zero-order valence-electron chi connectivity index (χ0n) is 17.0. The molecule has 28 heavy (non-hydrogen) atoms. The second-order valence-electron chi connectivity index (χ2n) is 8.90. The Morgan fingerprint density at radius 2 is 1.75 bits per heavy atom. The molecule has 0 N–H and O–H groups in total. The highest BCUT2D eigenvalue weighted by molar-refractivity contribution is 5.46. The molecule has 6 nitrogen and oxygen atoms in total. The van der Waals surface area contributed by atoms with Crippen LogP contribution >= 0.6 is 0 Å². The lowest BCUT2D eigenvalue weighted by Crippen LogP contribution is -2.46. The Morgan fingerprint density at radius 3 is 2.50 bits per heavy atom. The van der Waals surface area contributed by atoms with Crippen molar-refractivity contribution in [2.24, 2.45) is 5.92 Å². The van der Waals surface area contributed by atoms with Crippen molar-refractivity contribution in [3.05, 3.63) is 35.4 Å². The van der Waals surface area contributed by atoms with Crippen LogP contribution in [0.5, 0.6) is 0 Å². The van der Waals surface area contributed by atoms with Crippen molar-refractivity contribution in [2.75, 3.05) is 22.9 Å². The molecule has 0 bridgehead atoms. The van der Waals surface area contributed by atoms with Gasteiger partial charge in [-0.25, -0.2) is 9.97 Å². The number of aryl methyl sites for hydroxylation is 2. The monoisotopic (exact) mass is 378 g/mol. The summed E-state index contributed by atoms with van der Waals surface area (Å²) in [6, 6.07) is 5.67. The van der Waals surface area contributed by atoms with Gasteiger partial charge in [0.2, 0.25) is 0 Å². The second kappa shape index (κ2) is 7.30. The van der Waals surface area contributed by atoms with Crippen LogP contribution in [0, 0.1) is 12.8 Å². The van der Waals surface area contributed by atoms with Gasteiger partial charge in [-0.15, -0.1) is 5.10 Å². The number of aromatic nitrogens is 4. The molecule has 2 aromatic heterocycles. The summed E-state index contributed by atoms with van der Waals surface area (Å²) in [5, 5.41) is 9.13. The normalized spacial score (nSPS) is 22.8. The van der Waals surface area contributed by atoms with Gasteiger partial charge in [0.05, 0.1) is 5.69 Å². The standard InChI is InChI=1S/C22H30N6/c1-15-3-6-20-17(11-15)13-22(26-25-20)27-9-7-19(8-10-27)28(18-4-5-18)21-12-16(2)23-14-24-21/h12-15,18-19H,3-11H2,1-2H3. The van der Waals surface area contributed by atoms with E-state index < -0.39 is 0 Å². The fourth-order valence-electron chi connectivity index (χ4n) is 4.83. The molecule has 0 radical (unpaired) electrons. The number of nitrogens with zero attached hydrogens (tertiary/aromatic N) is 6. The van der Waals surface area contributed by atoms with E-state index in [4.69, 9.17) is 0 Å². The Labute approximate surface area is 167 Å². The molecular formula is C22H30N6. The molecule has 2 fully saturated rings. The summed E-state index contributed by atoms with van der Waals surface area (Å²) in [7, 11) is 0. The number of hydrogen-bond donors (Lipinski definition) is 0. The van der Waals surface area contributed by atoms with Crippen molar-refractivity contribution < 1.29 is 0 Å². The summed E-state index contributed by atoms with van der Waals surface area (Å²) >= 11 is 0. The van der Waals surface area contributed by atoms with Gasteiger partial charge < -0.3 is 9.80 Å². The van der Waals surface area contributed by atoms with Gasteiger partial charge in [0.25, 0.3) is 0 Å². The van der Waals surface area contributed by atoms with Crippen molar-refractivity contribution in [3.8, 4) is 0 Å². The summed E-state index contributed by atoms with van der Waals surface area (Å²) in [6.45, 7) is 6.48. The smallest absolute Gasteiger partial charge is 0.151 e. The van der Waals surface area contributed by atoms with Gasteiger partial charge in [-0.05, 0) is 69.4 Å². The maximum Gasteiger partial charge on any atom is 0.151 e. The topological polar surface area (TPSA) is 58.0 Å². The molecule has 148 valence electrons. The SMILES string of the molecule is Cc1cc(N(C2CC2)C2CCN(c3cc4c(nn3)CCC(C)C4)CC2)ncn1. The highest BCUT2D eigenvalue weighted by atomic mass is 15.3. The van der Waals surface area contributed by atoms with E-state index in [0.29, 0.717) is 12.1 Å². The first kappa shape index (κ1) is 17.8. The second-order valence-corrected chi connectivity index (χ2v) is 8.90. The molecule has 2 aromatic rings. The average molecular weight is 379 g/mol. The van der Waals surface area contributed by atoms with Gasteiger partial charge in [-0.1, -0.05) is 6.92 Å². The zero-order chi connectivity index (χ0) is 19.1. The fourth-order valence-corrected chi connectivity index (χ4v) is 4.83. The van der Waals surface area contributed by atoms with Gasteiger partial charge in [-0.3, -0.25) is 0 Å². The summed E-state index contributed by atoms with van der Waals surface area (Å²) in [5.74, 6) is 2.94. The molecule has 0 amide bonds. The van der Waals surface area contributed by atoms with Crippen molar-refractivity contribution in [1.82, 2.24) is 20.2 Å². The van der Waals surface area contributed by atoms with E-state index in [-0.39, 0.29) is 0 Å². The van der Waals surface area contributed by atoms with Crippen molar-refractivity contribution in [2.45, 2.75) is 70.9 Å². The molecular weight excluding hydrogens is 348 g/mol. The van der Waals surface area contributed by atoms with Crippen LogP contribution in [-0.2, 0) is 12.8 Å². The Balaban J connectivity index is 1.29. The highest BCUT2D eigenvalue weighted by Gasteiger charge is 2.36. The highest BCUT2D eigenvalue weighted by Crippen LogP contribution is 2.36. The summed E-state index contributed by atoms with van der Waals surface area (Å²) < 4.78 is 0. The van der Waals surface area contributed by atoms with Gasteiger partial charge in [0, 0.05) is 36.9 Å². The van der Waals surface area contributed by atoms with Crippen LogP contribution in [0.2, 0.25) is 0 Å². The van der Waals surface area contributed by atoms with Crippen molar-refractivity contribution >= 4 is 11.6 Å². The van der Waals surface area contributed by atoms with Crippen LogP contribution in [0.15, 0.2) is 18.5 Å². The first-order valence-electron chi connectivity index (χ1n) is 10.8. The van der Waals surface area contributed by atoms with Crippen molar-refractivity contribution in [1.29, 1.82) is 0 Å². The predicted molar refractivity (Wildman–Crippen MR) is 111 cm³/mol. The van der Waals surface area contributed by atoms with Gasteiger partial charge >= 0.3 is 0 Å². The van der Waals surface area contributed by atoms with Crippen LogP contribution in [-0.4, -0.2) is 45.3 Å². The predicted octanol–water partition coefficient (Wildman–Crippen LogP) is 3.34. The Kier molecular flexibility index (Phi) is 4.65. The van der Waals surface area contributed by atoms with Crippen LogP contribution < -0.4 is 9.80 Å². The maximum absolute atomic E-state index is 4.59. The molecule has 1 saturated heterocycles. The number of anilines is 2. The molecule has 1 atom stereocenters. The van der Waals surface area contributed by atoms with Crippen LogP contribution in [0.25, 0.3) is 0 Å². The molecule has 1 unspecified atom stereocenters. The van der Waals surface area contributed by atoms with E-state index in [2.05, 4.69) is 55.9 Å². The number of piperidine rings is 1. The Bertz CT molecular complexity index is 841. The molecule has 3 heterocycles. The van der Waals surface area contributed by atoms with E-state index in [0.717, 1.165) is 62.0 Å². The van der Waals surface area contributed by atoms with Crippen molar-refractivity contribution in [3.63, 3.8) is 0 Å². The minimum Gasteiger partial charge on any atom is -0.355 e. The van der Waals surface area contributed by atoms with E-state index in [1.807, 2.05) is 0 Å². The van der Waals surface area contributed by atoms with E-state index in [9.17, 15) is 0 Å². The molecule has 5 rings (SSSR count). The zero-order valence-corrected chi connectivity index (χ0v) is 17.0. The average Bonchev–Trinajstić information content (AvgIpc) is 3.53. The molecule has 0 aromatic carbocycles.